The molecule has 88 valence electrons. The van der Waals surface area contributed by atoms with Gasteiger partial charge >= 0.3 is 0 Å². The fourth-order valence-electron chi connectivity index (χ4n) is 1.93. The average Bonchev–Trinajstić information content (AvgIpc) is 2.28. The van der Waals surface area contributed by atoms with Crippen LogP contribution in [0.4, 0.5) is 5.95 Å². The van der Waals surface area contributed by atoms with Crippen LogP contribution < -0.4 is 4.90 Å². The van der Waals surface area contributed by atoms with Gasteiger partial charge in [0, 0.05) is 31.0 Å². The molecule has 1 saturated heterocycles. The molecule has 1 aromatic rings. The minimum Gasteiger partial charge on any atom is -0.392 e. The Labute approximate surface area is 95.1 Å². The van der Waals surface area contributed by atoms with Gasteiger partial charge in [0.25, 0.3) is 0 Å². The van der Waals surface area contributed by atoms with Gasteiger partial charge < -0.3 is 14.7 Å². The maximum atomic E-state index is 8.91. The molecule has 5 nitrogen and oxygen atoms in total. The van der Waals surface area contributed by atoms with Gasteiger partial charge in [0.15, 0.2) is 0 Å². The number of aromatic nitrogens is 2. The predicted octanol–water partition coefficient (Wildman–Crippen LogP) is 0.583. The van der Waals surface area contributed by atoms with Crippen LogP contribution in [-0.2, 0) is 11.3 Å². The van der Waals surface area contributed by atoms with Gasteiger partial charge in [-0.3, -0.25) is 0 Å². The van der Waals surface area contributed by atoms with Gasteiger partial charge in [-0.05, 0) is 13.8 Å². The van der Waals surface area contributed by atoms with E-state index in [9.17, 15) is 0 Å². The quantitative estimate of drug-likeness (QED) is 0.795. The Morgan fingerprint density at radius 3 is 2.38 bits per heavy atom. The molecular formula is C11H17N3O2. The molecule has 1 N–H and O–H groups in total. The SMILES string of the molecule is CC1CN(c2ncc(CO)cn2)CC(C)O1. The summed E-state index contributed by atoms with van der Waals surface area (Å²) in [6.07, 6.45) is 3.72. The number of morpholine rings is 1. The van der Waals surface area contributed by atoms with Crippen molar-refractivity contribution < 1.29 is 9.84 Å². The van der Waals surface area contributed by atoms with Crippen molar-refractivity contribution in [1.29, 1.82) is 0 Å². The van der Waals surface area contributed by atoms with Crippen molar-refractivity contribution in [3.8, 4) is 0 Å². The monoisotopic (exact) mass is 223 g/mol. The summed E-state index contributed by atoms with van der Waals surface area (Å²) < 4.78 is 5.65. The lowest BCUT2D eigenvalue weighted by Crippen LogP contribution is -2.46. The van der Waals surface area contributed by atoms with Gasteiger partial charge in [0.05, 0.1) is 18.8 Å². The predicted molar refractivity (Wildman–Crippen MR) is 60.2 cm³/mol. The lowest BCUT2D eigenvalue weighted by atomic mass is 10.2. The molecular weight excluding hydrogens is 206 g/mol. The van der Waals surface area contributed by atoms with Gasteiger partial charge in [-0.15, -0.1) is 0 Å². The largest absolute Gasteiger partial charge is 0.392 e. The van der Waals surface area contributed by atoms with Gasteiger partial charge in [0.2, 0.25) is 5.95 Å². The van der Waals surface area contributed by atoms with Gasteiger partial charge in [-0.2, -0.15) is 0 Å². The standard InChI is InChI=1S/C11H17N3O2/c1-8-5-14(6-9(2)16-8)11-12-3-10(7-15)4-13-11/h3-4,8-9,15H,5-7H2,1-2H3. The van der Waals surface area contributed by atoms with Gasteiger partial charge in [-0.25, -0.2) is 9.97 Å². The minimum absolute atomic E-state index is 0.0177. The molecule has 0 aliphatic carbocycles. The molecule has 2 atom stereocenters. The van der Waals surface area contributed by atoms with E-state index in [4.69, 9.17) is 9.84 Å². The van der Waals surface area contributed by atoms with E-state index in [2.05, 4.69) is 14.9 Å². The Morgan fingerprint density at radius 1 is 1.31 bits per heavy atom. The van der Waals surface area contributed by atoms with E-state index in [0.717, 1.165) is 18.7 Å². The van der Waals surface area contributed by atoms with Crippen LogP contribution in [0, 0.1) is 0 Å². The summed E-state index contributed by atoms with van der Waals surface area (Å²) in [4.78, 5) is 10.6. The molecule has 2 unspecified atom stereocenters. The maximum Gasteiger partial charge on any atom is 0.225 e. The van der Waals surface area contributed by atoms with Crippen LogP contribution >= 0.6 is 0 Å². The average molecular weight is 223 g/mol. The lowest BCUT2D eigenvalue weighted by molar-refractivity contribution is -0.00572. The fourth-order valence-corrected chi connectivity index (χ4v) is 1.93. The summed E-state index contributed by atoms with van der Waals surface area (Å²) in [6.45, 7) is 5.69. The van der Waals surface area contributed by atoms with E-state index >= 15 is 0 Å². The van der Waals surface area contributed by atoms with Crippen molar-refractivity contribution in [2.45, 2.75) is 32.7 Å². The van der Waals surface area contributed by atoms with Crippen LogP contribution in [-0.4, -0.2) is 40.4 Å². The van der Waals surface area contributed by atoms with Gasteiger partial charge in [-0.1, -0.05) is 0 Å². The van der Waals surface area contributed by atoms with Crippen molar-refractivity contribution in [2.24, 2.45) is 0 Å². The van der Waals surface area contributed by atoms with Crippen molar-refractivity contribution in [3.63, 3.8) is 0 Å². The van der Waals surface area contributed by atoms with Crippen molar-refractivity contribution in [3.05, 3.63) is 18.0 Å². The van der Waals surface area contributed by atoms with E-state index in [1.165, 1.54) is 0 Å². The zero-order valence-electron chi connectivity index (χ0n) is 9.63. The number of hydrogen-bond donors (Lipinski definition) is 1. The minimum atomic E-state index is -0.0177. The number of hydrogen-bond acceptors (Lipinski definition) is 5. The second-order valence-corrected chi connectivity index (χ2v) is 4.21. The van der Waals surface area contributed by atoms with E-state index in [1.807, 2.05) is 13.8 Å². The third-order valence-electron chi connectivity index (χ3n) is 2.58. The third-order valence-corrected chi connectivity index (χ3v) is 2.58. The summed E-state index contributed by atoms with van der Waals surface area (Å²) >= 11 is 0. The first-order valence-corrected chi connectivity index (χ1v) is 5.51. The molecule has 1 aliphatic rings. The first-order chi connectivity index (χ1) is 7.69. The van der Waals surface area contributed by atoms with Crippen molar-refractivity contribution >= 4 is 5.95 Å². The highest BCUT2D eigenvalue weighted by molar-refractivity contribution is 5.31. The van der Waals surface area contributed by atoms with Gasteiger partial charge in [0.1, 0.15) is 0 Å². The summed E-state index contributed by atoms with van der Waals surface area (Å²) in [5, 5.41) is 8.91. The molecule has 0 spiro atoms. The number of ether oxygens (including phenoxy) is 1. The topological polar surface area (TPSA) is 58.5 Å². The van der Waals surface area contributed by atoms with Crippen molar-refractivity contribution in [1.82, 2.24) is 9.97 Å². The highest BCUT2D eigenvalue weighted by Gasteiger charge is 2.23. The first kappa shape index (κ1) is 11.3. The molecule has 1 aliphatic heterocycles. The number of rotatable bonds is 2. The Kier molecular flexibility index (Phi) is 3.36. The maximum absolute atomic E-state index is 8.91. The third kappa shape index (κ3) is 2.48. The molecule has 0 radical (unpaired) electrons. The van der Waals surface area contributed by atoms with Crippen LogP contribution in [0.1, 0.15) is 19.4 Å². The Hall–Kier alpha value is -1.20. The zero-order valence-corrected chi connectivity index (χ0v) is 9.63. The normalized spacial score (nSPS) is 25.8. The summed E-state index contributed by atoms with van der Waals surface area (Å²) in [6, 6.07) is 0. The molecule has 1 aromatic heterocycles. The number of aliphatic hydroxyl groups excluding tert-OH is 1. The molecule has 16 heavy (non-hydrogen) atoms. The second-order valence-electron chi connectivity index (χ2n) is 4.21. The fraction of sp³-hybridized carbons (Fsp3) is 0.636. The van der Waals surface area contributed by atoms with Crippen LogP contribution in [0.2, 0.25) is 0 Å². The lowest BCUT2D eigenvalue weighted by Gasteiger charge is -2.35. The van der Waals surface area contributed by atoms with Crippen molar-refractivity contribution in [2.75, 3.05) is 18.0 Å². The summed E-state index contributed by atoms with van der Waals surface area (Å²) in [5.74, 6) is 0.708. The van der Waals surface area contributed by atoms with E-state index in [-0.39, 0.29) is 18.8 Å². The molecule has 0 amide bonds. The smallest absolute Gasteiger partial charge is 0.225 e. The Balaban J connectivity index is 2.10. The molecule has 2 rings (SSSR count). The highest BCUT2D eigenvalue weighted by Crippen LogP contribution is 2.15. The molecule has 5 heteroatoms. The molecule has 0 saturated carbocycles. The van der Waals surface area contributed by atoms with E-state index < -0.39 is 0 Å². The zero-order chi connectivity index (χ0) is 11.5. The van der Waals surface area contributed by atoms with Crippen LogP contribution in [0.25, 0.3) is 0 Å². The van der Waals surface area contributed by atoms with Crippen LogP contribution in [0.5, 0.6) is 0 Å². The van der Waals surface area contributed by atoms with E-state index in [0.29, 0.717) is 5.95 Å². The second kappa shape index (κ2) is 4.76. The van der Waals surface area contributed by atoms with Crippen LogP contribution in [0.3, 0.4) is 0 Å². The Bertz CT molecular complexity index is 332. The number of anilines is 1. The Morgan fingerprint density at radius 2 is 1.88 bits per heavy atom. The summed E-state index contributed by atoms with van der Waals surface area (Å²) in [7, 11) is 0. The molecule has 2 heterocycles. The molecule has 1 fully saturated rings. The van der Waals surface area contributed by atoms with Crippen LogP contribution in [0.15, 0.2) is 12.4 Å². The highest BCUT2D eigenvalue weighted by atomic mass is 16.5. The molecule has 0 bridgehead atoms. The molecule has 0 aromatic carbocycles. The summed E-state index contributed by atoms with van der Waals surface area (Å²) in [5.41, 5.74) is 0.734. The first-order valence-electron chi connectivity index (χ1n) is 5.51. The number of nitrogens with zero attached hydrogens (tertiary/aromatic N) is 3. The number of aliphatic hydroxyl groups is 1. The van der Waals surface area contributed by atoms with E-state index in [1.54, 1.807) is 12.4 Å².